The second-order valence-electron chi connectivity index (χ2n) is 4.82. The lowest BCUT2D eigenvalue weighted by Crippen LogP contribution is -2.24. The Labute approximate surface area is 117 Å². The second-order valence-corrected chi connectivity index (χ2v) is 5.23. The normalized spacial score (nSPS) is 19.1. The van der Waals surface area contributed by atoms with Crippen molar-refractivity contribution in [1.82, 2.24) is 0 Å². The molecular formula is C16H14ClNO. The van der Waals surface area contributed by atoms with E-state index in [2.05, 4.69) is 6.58 Å². The zero-order valence-electron chi connectivity index (χ0n) is 10.5. The highest BCUT2D eigenvalue weighted by Gasteiger charge is 2.29. The molecule has 0 aromatic heterocycles. The molecule has 2 aromatic carbocycles. The van der Waals surface area contributed by atoms with Gasteiger partial charge in [-0.3, -0.25) is 4.79 Å². The van der Waals surface area contributed by atoms with E-state index in [4.69, 9.17) is 11.6 Å². The lowest BCUT2D eigenvalue weighted by Gasteiger charge is -2.19. The minimum absolute atomic E-state index is 0.136. The summed E-state index contributed by atoms with van der Waals surface area (Å²) in [4.78, 5) is 14.0. The summed E-state index contributed by atoms with van der Waals surface area (Å²) in [5.41, 5.74) is 0.900. The monoisotopic (exact) mass is 271 g/mol. The van der Waals surface area contributed by atoms with Gasteiger partial charge in [-0.2, -0.15) is 0 Å². The lowest BCUT2D eigenvalue weighted by atomic mass is 10.1. The maximum atomic E-state index is 12.1. The summed E-state index contributed by atoms with van der Waals surface area (Å²) in [7, 11) is 0. The molecule has 1 unspecified atom stereocenters. The molecule has 3 heteroatoms. The average molecular weight is 272 g/mol. The number of fused-ring (bicyclic) bond motifs is 1. The second kappa shape index (κ2) is 4.71. The minimum Gasteiger partial charge on any atom is -0.311 e. The third kappa shape index (κ3) is 2.02. The molecule has 1 fully saturated rings. The van der Waals surface area contributed by atoms with Crippen molar-refractivity contribution in [2.24, 2.45) is 5.92 Å². The molecule has 0 saturated carbocycles. The van der Waals surface area contributed by atoms with Gasteiger partial charge in [0.25, 0.3) is 0 Å². The highest BCUT2D eigenvalue weighted by Crippen LogP contribution is 2.35. The Morgan fingerprint density at radius 2 is 2.00 bits per heavy atom. The standard InChI is InChI=1S/C16H14ClNO/c1-2-11-9-15(19)18(10-11)14-8-4-6-12-5-3-7-13(17)16(12)14/h2-8,11H,1,9-10H2. The van der Waals surface area contributed by atoms with Crippen LogP contribution in [0.2, 0.25) is 5.02 Å². The Balaban J connectivity index is 2.16. The van der Waals surface area contributed by atoms with Gasteiger partial charge in [0, 0.05) is 24.3 Å². The quantitative estimate of drug-likeness (QED) is 0.755. The summed E-state index contributed by atoms with van der Waals surface area (Å²) in [5, 5.41) is 2.69. The van der Waals surface area contributed by atoms with Crippen LogP contribution in [0.25, 0.3) is 10.8 Å². The molecule has 0 spiro atoms. The summed E-state index contributed by atoms with van der Waals surface area (Å²) in [6, 6.07) is 11.7. The number of anilines is 1. The van der Waals surface area contributed by atoms with Gasteiger partial charge in [-0.25, -0.2) is 0 Å². The molecule has 0 aliphatic carbocycles. The number of carbonyl (C=O) groups is 1. The fraction of sp³-hybridized carbons (Fsp3) is 0.188. The van der Waals surface area contributed by atoms with E-state index < -0.39 is 0 Å². The summed E-state index contributed by atoms with van der Waals surface area (Å²) < 4.78 is 0. The van der Waals surface area contributed by atoms with E-state index in [9.17, 15) is 4.79 Å². The van der Waals surface area contributed by atoms with Crippen LogP contribution in [0.3, 0.4) is 0 Å². The van der Waals surface area contributed by atoms with E-state index in [0.717, 1.165) is 16.5 Å². The minimum atomic E-state index is 0.136. The molecule has 19 heavy (non-hydrogen) atoms. The first-order valence-corrected chi connectivity index (χ1v) is 6.68. The van der Waals surface area contributed by atoms with Crippen LogP contribution in [0.5, 0.6) is 0 Å². The first kappa shape index (κ1) is 12.2. The zero-order chi connectivity index (χ0) is 13.4. The van der Waals surface area contributed by atoms with Crippen molar-refractivity contribution in [3.63, 3.8) is 0 Å². The van der Waals surface area contributed by atoms with E-state index in [-0.39, 0.29) is 11.8 Å². The molecule has 0 bridgehead atoms. The van der Waals surface area contributed by atoms with Gasteiger partial charge in [0.1, 0.15) is 0 Å². The molecule has 1 saturated heterocycles. The van der Waals surface area contributed by atoms with Crippen LogP contribution in [0, 0.1) is 5.92 Å². The fourth-order valence-corrected chi connectivity index (χ4v) is 2.91. The molecule has 3 rings (SSSR count). The first-order valence-electron chi connectivity index (χ1n) is 6.31. The van der Waals surface area contributed by atoms with Gasteiger partial charge in [-0.1, -0.05) is 41.9 Å². The third-order valence-corrected chi connectivity index (χ3v) is 3.93. The molecule has 96 valence electrons. The van der Waals surface area contributed by atoms with Crippen molar-refractivity contribution in [2.75, 3.05) is 11.4 Å². The van der Waals surface area contributed by atoms with Crippen molar-refractivity contribution in [3.8, 4) is 0 Å². The predicted octanol–water partition coefficient (Wildman–Crippen LogP) is 4.03. The van der Waals surface area contributed by atoms with Gasteiger partial charge in [-0.15, -0.1) is 6.58 Å². The number of hydrogen-bond acceptors (Lipinski definition) is 1. The number of hydrogen-bond donors (Lipinski definition) is 0. The maximum Gasteiger partial charge on any atom is 0.227 e. The molecule has 1 heterocycles. The summed E-state index contributed by atoms with van der Waals surface area (Å²) >= 11 is 6.30. The van der Waals surface area contributed by atoms with E-state index in [1.165, 1.54) is 0 Å². The van der Waals surface area contributed by atoms with Crippen molar-refractivity contribution >= 4 is 34.0 Å². The largest absolute Gasteiger partial charge is 0.311 e. The lowest BCUT2D eigenvalue weighted by molar-refractivity contribution is -0.117. The van der Waals surface area contributed by atoms with Crippen LogP contribution in [0.1, 0.15) is 6.42 Å². The van der Waals surface area contributed by atoms with Crippen LogP contribution in [-0.4, -0.2) is 12.5 Å². The average Bonchev–Trinajstić information content (AvgIpc) is 2.80. The fourth-order valence-electron chi connectivity index (χ4n) is 2.63. The number of amides is 1. The molecule has 1 aliphatic rings. The highest BCUT2D eigenvalue weighted by molar-refractivity contribution is 6.37. The molecule has 0 N–H and O–H groups in total. The number of benzene rings is 2. The van der Waals surface area contributed by atoms with Crippen LogP contribution >= 0.6 is 11.6 Å². The Hall–Kier alpha value is -1.80. The van der Waals surface area contributed by atoms with Crippen molar-refractivity contribution in [1.29, 1.82) is 0 Å². The van der Waals surface area contributed by atoms with E-state index in [1.807, 2.05) is 47.4 Å². The number of halogens is 1. The summed E-state index contributed by atoms with van der Waals surface area (Å²) in [5.74, 6) is 0.363. The van der Waals surface area contributed by atoms with Gasteiger partial charge in [-0.05, 0) is 17.5 Å². The zero-order valence-corrected chi connectivity index (χ0v) is 11.2. The van der Waals surface area contributed by atoms with E-state index >= 15 is 0 Å². The van der Waals surface area contributed by atoms with Gasteiger partial charge in [0.05, 0.1) is 10.7 Å². The van der Waals surface area contributed by atoms with Gasteiger partial charge in [0.15, 0.2) is 0 Å². The summed E-state index contributed by atoms with van der Waals surface area (Å²) in [6.45, 7) is 4.47. The molecule has 0 radical (unpaired) electrons. The highest BCUT2D eigenvalue weighted by atomic mass is 35.5. The third-order valence-electron chi connectivity index (χ3n) is 3.61. The smallest absolute Gasteiger partial charge is 0.227 e. The molecule has 1 amide bonds. The molecule has 2 nitrogen and oxygen atoms in total. The Morgan fingerprint density at radius 1 is 1.26 bits per heavy atom. The Kier molecular flexibility index (Phi) is 3.03. The molecule has 1 atom stereocenters. The van der Waals surface area contributed by atoms with Crippen molar-refractivity contribution in [3.05, 3.63) is 54.1 Å². The number of nitrogens with zero attached hydrogens (tertiary/aromatic N) is 1. The van der Waals surface area contributed by atoms with Crippen molar-refractivity contribution < 1.29 is 4.79 Å². The van der Waals surface area contributed by atoms with Crippen LogP contribution in [0.15, 0.2) is 49.1 Å². The van der Waals surface area contributed by atoms with E-state index in [0.29, 0.717) is 18.0 Å². The first-order chi connectivity index (χ1) is 9.20. The molecule has 2 aromatic rings. The summed E-state index contributed by atoms with van der Waals surface area (Å²) in [6.07, 6.45) is 2.38. The molecule has 1 aliphatic heterocycles. The van der Waals surface area contributed by atoms with Crippen LogP contribution in [0.4, 0.5) is 5.69 Å². The maximum absolute atomic E-state index is 12.1. The van der Waals surface area contributed by atoms with E-state index in [1.54, 1.807) is 0 Å². The van der Waals surface area contributed by atoms with Gasteiger partial charge in [0.2, 0.25) is 5.91 Å². The Morgan fingerprint density at radius 3 is 2.68 bits per heavy atom. The van der Waals surface area contributed by atoms with Crippen LogP contribution < -0.4 is 4.90 Å². The van der Waals surface area contributed by atoms with Crippen molar-refractivity contribution in [2.45, 2.75) is 6.42 Å². The van der Waals surface area contributed by atoms with Crippen LogP contribution in [-0.2, 0) is 4.79 Å². The molecular weight excluding hydrogens is 258 g/mol. The van der Waals surface area contributed by atoms with Gasteiger partial charge < -0.3 is 4.90 Å². The predicted molar refractivity (Wildman–Crippen MR) is 79.6 cm³/mol. The number of carbonyl (C=O) groups excluding carboxylic acids is 1. The SMILES string of the molecule is C=CC1CC(=O)N(c2cccc3cccc(Cl)c23)C1. The van der Waals surface area contributed by atoms with Gasteiger partial charge >= 0.3 is 0 Å². The number of rotatable bonds is 2. The Bertz CT molecular complexity index is 660. The topological polar surface area (TPSA) is 20.3 Å².